The van der Waals surface area contributed by atoms with Gasteiger partial charge in [0, 0.05) is 56.3 Å². The van der Waals surface area contributed by atoms with Gasteiger partial charge in [0.25, 0.3) is 5.91 Å². The van der Waals surface area contributed by atoms with Gasteiger partial charge >= 0.3 is 6.03 Å². The smallest absolute Gasteiger partial charge is 0.323 e. The summed E-state index contributed by atoms with van der Waals surface area (Å²) in [5.41, 5.74) is 3.82. The number of hydrogen-bond acceptors (Lipinski definition) is 6. The van der Waals surface area contributed by atoms with E-state index in [-0.39, 0.29) is 11.9 Å². The fourth-order valence-electron chi connectivity index (χ4n) is 5.33. The summed E-state index contributed by atoms with van der Waals surface area (Å²) in [4.78, 5) is 32.9. The van der Waals surface area contributed by atoms with Crippen molar-refractivity contribution in [2.45, 2.75) is 19.8 Å². The highest BCUT2D eigenvalue weighted by atomic mass is 16.5. The quantitative estimate of drug-likeness (QED) is 0.401. The Morgan fingerprint density at radius 1 is 0.775 bits per heavy atom. The van der Waals surface area contributed by atoms with E-state index in [1.54, 1.807) is 25.3 Å². The Balaban J connectivity index is 1.31. The number of piperazine rings is 1. The standard InChI is InChI=1S/C31H37N5O4/c1-3-40-25-13-10-23(11-14-25)32-31(38)33-24-12-15-27(26(22-24)30(37)36-16-6-7-17-36)34-18-20-35(21-19-34)28-8-4-5-9-29(28)39-2/h4-5,8-15,22H,3,6-7,16-21H2,1-2H3,(H2,32,33,38). The number of urea groups is 1. The maximum Gasteiger partial charge on any atom is 0.323 e. The average molecular weight is 544 g/mol. The van der Waals surface area contributed by atoms with Gasteiger partial charge in [-0.25, -0.2) is 4.79 Å². The molecule has 2 N–H and O–H groups in total. The molecule has 40 heavy (non-hydrogen) atoms. The van der Waals surface area contributed by atoms with Crippen LogP contribution in [0.25, 0.3) is 0 Å². The van der Waals surface area contributed by atoms with Crippen molar-refractivity contribution in [1.29, 1.82) is 0 Å². The molecule has 0 aliphatic carbocycles. The molecule has 0 radical (unpaired) electrons. The molecule has 2 saturated heterocycles. The van der Waals surface area contributed by atoms with Gasteiger partial charge in [0.1, 0.15) is 11.5 Å². The number of likely N-dealkylation sites (tertiary alicyclic amines) is 1. The van der Waals surface area contributed by atoms with Crippen LogP contribution in [0.4, 0.5) is 27.5 Å². The molecule has 0 spiro atoms. The Bertz CT molecular complexity index is 1320. The third-order valence-corrected chi connectivity index (χ3v) is 7.35. The number of ether oxygens (including phenoxy) is 2. The molecule has 3 amide bonds. The predicted molar refractivity (Wildman–Crippen MR) is 159 cm³/mol. The lowest BCUT2D eigenvalue weighted by molar-refractivity contribution is 0.0793. The molecule has 3 aromatic carbocycles. The van der Waals surface area contributed by atoms with Gasteiger partial charge in [0.05, 0.1) is 25.0 Å². The van der Waals surface area contributed by atoms with Crippen LogP contribution < -0.4 is 29.9 Å². The van der Waals surface area contributed by atoms with E-state index in [9.17, 15) is 9.59 Å². The summed E-state index contributed by atoms with van der Waals surface area (Å²) >= 11 is 0. The molecule has 2 aliphatic heterocycles. The monoisotopic (exact) mass is 543 g/mol. The molecule has 2 aliphatic rings. The van der Waals surface area contributed by atoms with E-state index in [0.29, 0.717) is 23.5 Å². The highest BCUT2D eigenvalue weighted by molar-refractivity contribution is 6.04. The van der Waals surface area contributed by atoms with Gasteiger partial charge in [0.2, 0.25) is 0 Å². The lowest BCUT2D eigenvalue weighted by atomic mass is 10.1. The first-order chi connectivity index (χ1) is 19.6. The van der Waals surface area contributed by atoms with Crippen LogP contribution in [0, 0.1) is 0 Å². The molecule has 0 bridgehead atoms. The molecule has 9 nitrogen and oxygen atoms in total. The summed E-state index contributed by atoms with van der Waals surface area (Å²) in [5.74, 6) is 1.62. The number of para-hydroxylation sites is 2. The minimum absolute atomic E-state index is 0.00947. The minimum atomic E-state index is -0.373. The molecule has 0 saturated carbocycles. The van der Waals surface area contributed by atoms with Crippen molar-refractivity contribution in [3.05, 3.63) is 72.3 Å². The van der Waals surface area contributed by atoms with Crippen LogP contribution in [0.15, 0.2) is 66.7 Å². The van der Waals surface area contributed by atoms with E-state index < -0.39 is 0 Å². The minimum Gasteiger partial charge on any atom is -0.495 e. The summed E-state index contributed by atoms with van der Waals surface area (Å²) in [6, 6.07) is 20.5. The third kappa shape index (κ3) is 6.25. The highest BCUT2D eigenvalue weighted by Gasteiger charge is 2.27. The van der Waals surface area contributed by atoms with E-state index in [0.717, 1.165) is 75.0 Å². The maximum absolute atomic E-state index is 13.6. The molecular formula is C31H37N5O4. The zero-order chi connectivity index (χ0) is 27.9. The SMILES string of the molecule is CCOc1ccc(NC(=O)Nc2ccc(N3CCN(c4ccccc4OC)CC3)c(C(=O)N3CCCC3)c2)cc1. The van der Waals surface area contributed by atoms with Crippen molar-refractivity contribution < 1.29 is 19.1 Å². The van der Waals surface area contributed by atoms with E-state index in [2.05, 4.69) is 26.5 Å². The van der Waals surface area contributed by atoms with Crippen LogP contribution >= 0.6 is 0 Å². The number of carbonyl (C=O) groups is 2. The van der Waals surface area contributed by atoms with Gasteiger partial charge in [-0.3, -0.25) is 4.79 Å². The van der Waals surface area contributed by atoms with Gasteiger partial charge in [-0.15, -0.1) is 0 Å². The first kappa shape index (κ1) is 27.2. The lowest BCUT2D eigenvalue weighted by Crippen LogP contribution is -2.47. The summed E-state index contributed by atoms with van der Waals surface area (Å²) in [6.07, 6.45) is 2.03. The van der Waals surface area contributed by atoms with Crippen LogP contribution in [-0.4, -0.2) is 69.8 Å². The Kier molecular flexibility index (Phi) is 8.59. The van der Waals surface area contributed by atoms with E-state index >= 15 is 0 Å². The number of nitrogens with zero attached hydrogens (tertiary/aromatic N) is 3. The van der Waals surface area contributed by atoms with E-state index in [1.165, 1.54) is 0 Å². The second-order valence-electron chi connectivity index (χ2n) is 9.91. The predicted octanol–water partition coefficient (Wildman–Crippen LogP) is 5.30. The van der Waals surface area contributed by atoms with Crippen LogP contribution in [0.1, 0.15) is 30.1 Å². The molecule has 5 rings (SSSR count). The largest absolute Gasteiger partial charge is 0.495 e. The fraction of sp³-hybridized carbons (Fsp3) is 0.355. The topological polar surface area (TPSA) is 86.4 Å². The number of rotatable bonds is 8. The van der Waals surface area contributed by atoms with Crippen molar-refractivity contribution in [1.82, 2.24) is 4.90 Å². The Hall–Kier alpha value is -4.40. The first-order valence-corrected chi connectivity index (χ1v) is 13.9. The number of hydrogen-bond donors (Lipinski definition) is 2. The molecule has 0 atom stereocenters. The zero-order valence-electron chi connectivity index (χ0n) is 23.2. The molecule has 2 heterocycles. The molecule has 2 fully saturated rings. The number of carbonyl (C=O) groups excluding carboxylic acids is 2. The molecule has 210 valence electrons. The molecule has 9 heteroatoms. The van der Waals surface area contributed by atoms with Gasteiger partial charge in [0.15, 0.2) is 0 Å². The summed E-state index contributed by atoms with van der Waals surface area (Å²) in [6.45, 7) is 7.18. The van der Waals surface area contributed by atoms with Crippen LogP contribution in [0.3, 0.4) is 0 Å². The van der Waals surface area contributed by atoms with Crippen molar-refractivity contribution >= 4 is 34.7 Å². The number of benzene rings is 3. The van der Waals surface area contributed by atoms with Crippen molar-refractivity contribution in [2.24, 2.45) is 0 Å². The first-order valence-electron chi connectivity index (χ1n) is 13.9. The average Bonchev–Trinajstić information content (AvgIpc) is 3.53. The third-order valence-electron chi connectivity index (χ3n) is 7.35. The Morgan fingerprint density at radius 3 is 2.08 bits per heavy atom. The van der Waals surface area contributed by atoms with Gasteiger partial charge in [-0.1, -0.05) is 12.1 Å². The van der Waals surface area contributed by atoms with Crippen molar-refractivity contribution in [2.75, 3.05) is 73.4 Å². The van der Waals surface area contributed by atoms with Gasteiger partial charge in [-0.2, -0.15) is 0 Å². The number of methoxy groups -OCH3 is 1. The van der Waals surface area contributed by atoms with Crippen molar-refractivity contribution in [3.8, 4) is 11.5 Å². The van der Waals surface area contributed by atoms with Crippen molar-refractivity contribution in [3.63, 3.8) is 0 Å². The summed E-state index contributed by atoms with van der Waals surface area (Å²) in [5, 5.41) is 5.74. The second-order valence-corrected chi connectivity index (χ2v) is 9.91. The van der Waals surface area contributed by atoms with Crippen LogP contribution in [-0.2, 0) is 0 Å². The second kappa shape index (κ2) is 12.6. The lowest BCUT2D eigenvalue weighted by Gasteiger charge is -2.38. The normalized spacial score (nSPS) is 15.1. The van der Waals surface area contributed by atoms with Crippen LogP contribution in [0.2, 0.25) is 0 Å². The number of anilines is 4. The maximum atomic E-state index is 13.6. The zero-order valence-corrected chi connectivity index (χ0v) is 23.2. The highest BCUT2D eigenvalue weighted by Crippen LogP contribution is 2.32. The Morgan fingerprint density at radius 2 is 1.40 bits per heavy atom. The molecule has 0 aromatic heterocycles. The molecular weight excluding hydrogens is 506 g/mol. The molecule has 3 aromatic rings. The fourth-order valence-corrected chi connectivity index (χ4v) is 5.33. The summed E-state index contributed by atoms with van der Waals surface area (Å²) < 4.78 is 11.0. The molecule has 0 unspecified atom stereocenters. The van der Waals surface area contributed by atoms with E-state index in [1.807, 2.05) is 54.3 Å². The van der Waals surface area contributed by atoms with Gasteiger partial charge in [-0.05, 0) is 74.4 Å². The van der Waals surface area contributed by atoms with Gasteiger partial charge < -0.3 is 34.8 Å². The Labute approximate surface area is 235 Å². The number of nitrogens with one attached hydrogen (secondary N) is 2. The number of amides is 3. The summed E-state index contributed by atoms with van der Waals surface area (Å²) in [7, 11) is 1.69. The van der Waals surface area contributed by atoms with E-state index in [4.69, 9.17) is 9.47 Å². The van der Waals surface area contributed by atoms with Crippen LogP contribution in [0.5, 0.6) is 11.5 Å².